The largest absolute Gasteiger partial charge is 0.490 e. The predicted octanol–water partition coefficient (Wildman–Crippen LogP) is 3.94. The third kappa shape index (κ3) is 5.05. The van der Waals surface area contributed by atoms with Crippen molar-refractivity contribution in [3.8, 4) is 5.75 Å². The number of rotatable bonds is 6. The highest BCUT2D eigenvalue weighted by atomic mass is 32.2. The number of nitrogens with zero attached hydrogens (tertiary/aromatic N) is 3. The summed E-state index contributed by atoms with van der Waals surface area (Å²) in [6.45, 7) is 0.321. The van der Waals surface area contributed by atoms with Crippen molar-refractivity contribution in [3.05, 3.63) is 59.4 Å². The van der Waals surface area contributed by atoms with E-state index >= 15 is 0 Å². The monoisotopic (exact) mass is 429 g/mol. The van der Waals surface area contributed by atoms with Crippen LogP contribution in [0.5, 0.6) is 5.75 Å². The summed E-state index contributed by atoms with van der Waals surface area (Å²) in [5, 5.41) is 0. The molecule has 2 aromatic carbocycles. The molecule has 0 atom stereocenters. The lowest BCUT2D eigenvalue weighted by molar-refractivity contribution is 0.209. The maximum absolute atomic E-state index is 13.8. The van der Waals surface area contributed by atoms with Crippen LogP contribution in [-0.4, -0.2) is 39.6 Å². The molecule has 1 heterocycles. The van der Waals surface area contributed by atoms with E-state index in [1.54, 1.807) is 18.5 Å². The molecule has 1 fully saturated rings. The molecule has 1 saturated carbocycles. The highest BCUT2D eigenvalue weighted by Crippen LogP contribution is 2.29. The minimum Gasteiger partial charge on any atom is -0.490 e. The fourth-order valence-corrected chi connectivity index (χ4v) is 4.52. The molecule has 0 aromatic heterocycles. The maximum Gasteiger partial charge on any atom is 0.161 e. The van der Waals surface area contributed by atoms with E-state index in [9.17, 15) is 12.8 Å². The molecule has 0 unspecified atom stereocenters. The van der Waals surface area contributed by atoms with Gasteiger partial charge in [-0.25, -0.2) is 22.8 Å². The average molecular weight is 430 g/mol. The molecular formula is C22H24FN3O3S. The standard InChI is InChI=1S/C22H24FN3O3S/c1-30(27,28)13-16-5-4-6-18(11-16)26-14-24-22(25-15-26)20-10-9-17(23)12-21(20)29-19-7-2-3-8-19/h4-6,9-12,14,19H,2-3,7-8,13,15H2,1H3. The first kappa shape index (κ1) is 20.5. The fraction of sp³-hybridized carbons (Fsp3) is 0.364. The van der Waals surface area contributed by atoms with Gasteiger partial charge in [-0.3, -0.25) is 0 Å². The normalized spacial score (nSPS) is 17.3. The minimum absolute atomic E-state index is 0.0161. The van der Waals surface area contributed by atoms with Crippen molar-refractivity contribution in [3.63, 3.8) is 0 Å². The van der Waals surface area contributed by atoms with Crippen LogP contribution in [0.15, 0.2) is 52.4 Å². The molecule has 30 heavy (non-hydrogen) atoms. The number of sulfone groups is 1. The summed E-state index contributed by atoms with van der Waals surface area (Å²) in [7, 11) is -3.11. The van der Waals surface area contributed by atoms with E-state index in [2.05, 4.69) is 9.98 Å². The third-order valence-electron chi connectivity index (χ3n) is 5.14. The van der Waals surface area contributed by atoms with Gasteiger partial charge in [-0.2, -0.15) is 0 Å². The van der Waals surface area contributed by atoms with Gasteiger partial charge in [-0.1, -0.05) is 12.1 Å². The van der Waals surface area contributed by atoms with Gasteiger partial charge in [0, 0.05) is 18.0 Å². The molecule has 0 bridgehead atoms. The summed E-state index contributed by atoms with van der Waals surface area (Å²) >= 11 is 0. The lowest BCUT2D eigenvalue weighted by Crippen LogP contribution is -2.27. The lowest BCUT2D eigenvalue weighted by atomic mass is 10.1. The predicted molar refractivity (Wildman–Crippen MR) is 117 cm³/mol. The average Bonchev–Trinajstić information content (AvgIpc) is 3.20. The molecule has 8 heteroatoms. The second-order valence-electron chi connectivity index (χ2n) is 7.74. The van der Waals surface area contributed by atoms with Gasteiger partial charge in [0.15, 0.2) is 15.7 Å². The Morgan fingerprint density at radius 1 is 1.17 bits per heavy atom. The zero-order valence-corrected chi connectivity index (χ0v) is 17.6. The second-order valence-corrected chi connectivity index (χ2v) is 9.88. The van der Waals surface area contributed by atoms with Crippen LogP contribution in [0.25, 0.3) is 0 Å². The van der Waals surface area contributed by atoms with E-state index in [4.69, 9.17) is 4.74 Å². The van der Waals surface area contributed by atoms with Gasteiger partial charge in [-0.15, -0.1) is 0 Å². The number of anilines is 1. The van der Waals surface area contributed by atoms with Crippen LogP contribution < -0.4 is 9.64 Å². The van der Waals surface area contributed by atoms with Crippen LogP contribution in [-0.2, 0) is 15.6 Å². The fourth-order valence-electron chi connectivity index (χ4n) is 3.74. The number of benzene rings is 2. The van der Waals surface area contributed by atoms with E-state index in [0.717, 1.165) is 31.4 Å². The molecule has 0 saturated heterocycles. The zero-order chi connectivity index (χ0) is 21.1. The molecule has 1 aliphatic heterocycles. The van der Waals surface area contributed by atoms with Gasteiger partial charge in [-0.05, 0) is 55.5 Å². The van der Waals surface area contributed by atoms with Crippen LogP contribution in [0.4, 0.5) is 10.1 Å². The summed E-state index contributed by atoms with van der Waals surface area (Å²) in [6.07, 6.45) is 7.18. The molecule has 0 radical (unpaired) electrons. The van der Waals surface area contributed by atoms with Gasteiger partial charge in [0.2, 0.25) is 0 Å². The summed E-state index contributed by atoms with van der Waals surface area (Å²) in [5.74, 6) is 0.599. The SMILES string of the molecule is CS(=O)(=O)Cc1cccc(N2C=NC(c3ccc(F)cc3OC3CCCC3)=NC2)c1. The van der Waals surface area contributed by atoms with Gasteiger partial charge >= 0.3 is 0 Å². The van der Waals surface area contributed by atoms with Gasteiger partial charge in [0.25, 0.3) is 0 Å². The first-order chi connectivity index (χ1) is 14.4. The van der Waals surface area contributed by atoms with Crippen molar-refractivity contribution in [1.29, 1.82) is 0 Å². The lowest BCUT2D eigenvalue weighted by Gasteiger charge is -2.23. The van der Waals surface area contributed by atoms with Crippen molar-refractivity contribution >= 4 is 27.7 Å². The van der Waals surface area contributed by atoms with E-state index in [1.807, 2.05) is 23.1 Å². The van der Waals surface area contributed by atoms with E-state index in [0.29, 0.717) is 29.4 Å². The Balaban J connectivity index is 1.52. The Labute approximate surface area is 176 Å². The minimum atomic E-state index is -3.11. The maximum atomic E-state index is 13.8. The van der Waals surface area contributed by atoms with Crippen LogP contribution >= 0.6 is 0 Å². The Hall–Kier alpha value is -2.74. The number of hydrogen-bond acceptors (Lipinski definition) is 6. The first-order valence-corrected chi connectivity index (χ1v) is 12.0. The molecular weight excluding hydrogens is 405 g/mol. The molecule has 0 spiro atoms. The molecule has 0 N–H and O–H groups in total. The number of hydrogen-bond donors (Lipinski definition) is 0. The molecule has 0 amide bonds. The highest BCUT2D eigenvalue weighted by molar-refractivity contribution is 7.89. The van der Waals surface area contributed by atoms with Crippen LogP contribution in [0.2, 0.25) is 0 Å². The summed E-state index contributed by atoms with van der Waals surface area (Å²) in [4.78, 5) is 10.8. The van der Waals surface area contributed by atoms with E-state index < -0.39 is 9.84 Å². The van der Waals surface area contributed by atoms with Crippen LogP contribution in [0.3, 0.4) is 0 Å². The first-order valence-electron chi connectivity index (χ1n) is 9.96. The number of amidine groups is 1. The van der Waals surface area contributed by atoms with Crippen molar-refractivity contribution in [2.75, 3.05) is 17.8 Å². The Morgan fingerprint density at radius 3 is 2.67 bits per heavy atom. The van der Waals surface area contributed by atoms with Crippen LogP contribution in [0.1, 0.15) is 36.8 Å². The molecule has 6 nitrogen and oxygen atoms in total. The van der Waals surface area contributed by atoms with Crippen molar-refractivity contribution in [2.45, 2.75) is 37.5 Å². The quantitative estimate of drug-likeness (QED) is 0.697. The summed E-state index contributed by atoms with van der Waals surface area (Å²) < 4.78 is 43.0. The van der Waals surface area contributed by atoms with Crippen molar-refractivity contribution < 1.29 is 17.5 Å². The Morgan fingerprint density at radius 2 is 1.97 bits per heavy atom. The second kappa shape index (κ2) is 8.55. The smallest absolute Gasteiger partial charge is 0.161 e. The van der Waals surface area contributed by atoms with Crippen LogP contribution in [0, 0.1) is 5.82 Å². The molecule has 2 aliphatic rings. The topological polar surface area (TPSA) is 71.3 Å². The summed E-state index contributed by atoms with van der Waals surface area (Å²) in [6, 6.07) is 11.7. The van der Waals surface area contributed by atoms with Crippen molar-refractivity contribution in [1.82, 2.24) is 0 Å². The Kier molecular flexibility index (Phi) is 5.85. The molecule has 158 valence electrons. The third-order valence-corrected chi connectivity index (χ3v) is 6.00. The highest BCUT2D eigenvalue weighted by Gasteiger charge is 2.21. The Bertz CT molecular complexity index is 1090. The molecule has 4 rings (SSSR count). The number of ether oxygens (including phenoxy) is 1. The van der Waals surface area contributed by atoms with Crippen molar-refractivity contribution in [2.24, 2.45) is 9.98 Å². The van der Waals surface area contributed by atoms with Gasteiger partial charge < -0.3 is 9.64 Å². The summed E-state index contributed by atoms with van der Waals surface area (Å²) in [5.41, 5.74) is 2.19. The van der Waals surface area contributed by atoms with Gasteiger partial charge in [0.1, 0.15) is 18.2 Å². The van der Waals surface area contributed by atoms with Gasteiger partial charge in [0.05, 0.1) is 23.8 Å². The van der Waals surface area contributed by atoms with E-state index in [1.165, 1.54) is 18.4 Å². The number of aliphatic imine (C=N–C) groups is 2. The number of halogens is 1. The molecule has 1 aliphatic carbocycles. The zero-order valence-electron chi connectivity index (χ0n) is 16.8. The molecule has 2 aromatic rings. The van der Waals surface area contributed by atoms with E-state index in [-0.39, 0.29) is 17.7 Å².